The van der Waals surface area contributed by atoms with Crippen LogP contribution in [0.15, 0.2) is 35.4 Å². The molecule has 0 radical (unpaired) electrons. The molecule has 22 heavy (non-hydrogen) atoms. The van der Waals surface area contributed by atoms with Gasteiger partial charge in [0.1, 0.15) is 0 Å². The predicted molar refractivity (Wildman–Crippen MR) is 84.9 cm³/mol. The van der Waals surface area contributed by atoms with Crippen molar-refractivity contribution in [3.8, 4) is 5.06 Å². The van der Waals surface area contributed by atoms with Crippen molar-refractivity contribution in [2.24, 2.45) is 0 Å². The molecule has 1 aromatic heterocycles. The van der Waals surface area contributed by atoms with Gasteiger partial charge in [0.25, 0.3) is 10.0 Å². The first-order valence-corrected chi connectivity index (χ1v) is 9.03. The third kappa shape index (κ3) is 4.43. The number of aromatic nitrogens is 1. The Hall–Kier alpha value is -1.64. The Kier molecular flexibility index (Phi) is 5.38. The van der Waals surface area contributed by atoms with Gasteiger partial charge in [0.15, 0.2) is 5.13 Å². The summed E-state index contributed by atoms with van der Waals surface area (Å²) in [6.45, 7) is 1.86. The maximum Gasteiger partial charge on any atom is 0.312 e. The van der Waals surface area contributed by atoms with Crippen molar-refractivity contribution in [3.63, 3.8) is 0 Å². The van der Waals surface area contributed by atoms with Crippen molar-refractivity contribution in [3.05, 3.63) is 35.5 Å². The monoisotopic (exact) mass is 360 g/mol. The zero-order valence-corrected chi connectivity index (χ0v) is 14.0. The van der Waals surface area contributed by atoms with Crippen LogP contribution in [0.2, 0.25) is 5.02 Å². The van der Waals surface area contributed by atoms with E-state index in [1.165, 1.54) is 30.5 Å². The minimum absolute atomic E-state index is 0.0663. The molecule has 0 unspecified atom stereocenters. The lowest BCUT2D eigenvalue weighted by Crippen LogP contribution is -2.12. The summed E-state index contributed by atoms with van der Waals surface area (Å²) in [5.74, 6) is -0.377. The number of anilines is 1. The second-order valence-corrected chi connectivity index (χ2v) is 7.38. The van der Waals surface area contributed by atoms with Gasteiger partial charge in [-0.15, -0.1) is 0 Å². The largest absolute Gasteiger partial charge is 0.414 e. The highest BCUT2D eigenvalue weighted by Gasteiger charge is 2.17. The summed E-state index contributed by atoms with van der Waals surface area (Å²) in [5.41, 5.74) is 0. The first-order valence-electron chi connectivity index (χ1n) is 6.35. The van der Waals surface area contributed by atoms with Crippen LogP contribution in [0.3, 0.4) is 0 Å². The standard InChI is InChI=1S/C13H13ClN2O4S2/c1-2-3-11(17)20-12-8-15-13(21-12)16-22(18,19)10-6-4-9(14)5-7-10/h4-8H,2-3H2,1H3,(H,15,16). The lowest BCUT2D eigenvalue weighted by molar-refractivity contribution is -0.134. The normalized spacial score (nSPS) is 11.2. The molecule has 0 fully saturated rings. The SMILES string of the molecule is CCCC(=O)Oc1cnc(NS(=O)(=O)c2ccc(Cl)cc2)s1. The number of benzene rings is 1. The quantitative estimate of drug-likeness (QED) is 0.799. The molecular weight excluding hydrogens is 348 g/mol. The number of nitrogens with one attached hydrogen (secondary N) is 1. The van der Waals surface area contributed by atoms with Crippen LogP contribution in [0.4, 0.5) is 5.13 Å². The number of esters is 1. The maximum absolute atomic E-state index is 12.2. The number of thiazole rings is 1. The van der Waals surface area contributed by atoms with Crippen LogP contribution in [0, 0.1) is 0 Å². The first-order chi connectivity index (χ1) is 10.4. The van der Waals surface area contributed by atoms with Crippen molar-refractivity contribution in [2.75, 3.05) is 4.72 Å². The van der Waals surface area contributed by atoms with Gasteiger partial charge in [-0.1, -0.05) is 29.9 Å². The molecule has 0 aliphatic rings. The average molecular weight is 361 g/mol. The van der Waals surface area contributed by atoms with Gasteiger partial charge >= 0.3 is 5.97 Å². The van der Waals surface area contributed by atoms with Crippen molar-refractivity contribution in [1.82, 2.24) is 4.98 Å². The van der Waals surface area contributed by atoms with Crippen LogP contribution in [0.25, 0.3) is 0 Å². The van der Waals surface area contributed by atoms with Gasteiger partial charge in [-0.3, -0.25) is 9.52 Å². The molecule has 0 atom stereocenters. The highest BCUT2D eigenvalue weighted by atomic mass is 35.5. The predicted octanol–water partition coefficient (Wildman–Crippen LogP) is 3.30. The summed E-state index contributed by atoms with van der Waals surface area (Å²) in [6.07, 6.45) is 2.27. The smallest absolute Gasteiger partial charge is 0.312 e. The van der Waals surface area contributed by atoms with Crippen LogP contribution in [0.5, 0.6) is 5.06 Å². The maximum atomic E-state index is 12.2. The van der Waals surface area contributed by atoms with Crippen LogP contribution < -0.4 is 9.46 Å². The van der Waals surface area contributed by atoms with Gasteiger partial charge in [0, 0.05) is 11.4 Å². The molecule has 6 nitrogen and oxygen atoms in total. The van der Waals surface area contributed by atoms with E-state index < -0.39 is 10.0 Å². The van der Waals surface area contributed by atoms with Gasteiger partial charge in [0.05, 0.1) is 11.1 Å². The Morgan fingerprint density at radius 2 is 2.05 bits per heavy atom. The number of rotatable bonds is 6. The van der Waals surface area contributed by atoms with E-state index in [-0.39, 0.29) is 21.1 Å². The number of nitrogens with zero attached hydrogens (tertiary/aromatic N) is 1. The van der Waals surface area contributed by atoms with Gasteiger partial charge in [-0.25, -0.2) is 13.4 Å². The zero-order chi connectivity index (χ0) is 16.2. The number of carbonyl (C=O) groups is 1. The van der Waals surface area contributed by atoms with Gasteiger partial charge in [-0.05, 0) is 30.7 Å². The molecule has 9 heteroatoms. The summed E-state index contributed by atoms with van der Waals surface area (Å²) >= 11 is 6.67. The minimum atomic E-state index is -3.76. The highest BCUT2D eigenvalue weighted by Crippen LogP contribution is 2.28. The molecule has 0 aliphatic carbocycles. The molecular formula is C13H13ClN2O4S2. The van der Waals surface area contributed by atoms with Gasteiger partial charge in [-0.2, -0.15) is 0 Å². The lowest BCUT2D eigenvalue weighted by Gasteiger charge is -2.04. The number of halogens is 1. The molecule has 0 saturated carbocycles. The Bertz CT molecular complexity index is 757. The summed E-state index contributed by atoms with van der Waals surface area (Å²) < 4.78 is 31.7. The Labute approximate surface area is 137 Å². The molecule has 0 bridgehead atoms. The fourth-order valence-electron chi connectivity index (χ4n) is 1.51. The third-order valence-electron chi connectivity index (χ3n) is 2.50. The number of ether oxygens (including phenoxy) is 1. The summed E-state index contributed by atoms with van der Waals surface area (Å²) in [7, 11) is -3.76. The molecule has 118 valence electrons. The van der Waals surface area contributed by atoms with E-state index in [1.54, 1.807) is 0 Å². The van der Waals surface area contributed by atoms with E-state index in [1.807, 2.05) is 6.92 Å². The molecule has 0 saturated heterocycles. The molecule has 1 aromatic carbocycles. The Morgan fingerprint density at radius 1 is 1.36 bits per heavy atom. The van der Waals surface area contributed by atoms with Crippen LogP contribution in [0.1, 0.15) is 19.8 Å². The van der Waals surface area contributed by atoms with Crippen molar-refractivity contribution in [2.45, 2.75) is 24.7 Å². The summed E-state index contributed by atoms with van der Waals surface area (Å²) in [4.78, 5) is 15.3. The molecule has 0 spiro atoms. The third-order valence-corrected chi connectivity index (χ3v) is 5.03. The molecule has 2 rings (SSSR count). The summed E-state index contributed by atoms with van der Waals surface area (Å²) in [5, 5.41) is 0.805. The van der Waals surface area contributed by atoms with Crippen molar-refractivity contribution >= 4 is 44.1 Å². The van der Waals surface area contributed by atoms with E-state index in [0.29, 0.717) is 17.9 Å². The van der Waals surface area contributed by atoms with Gasteiger partial charge in [0.2, 0.25) is 5.06 Å². The lowest BCUT2D eigenvalue weighted by atomic mass is 10.3. The molecule has 2 aromatic rings. The van der Waals surface area contributed by atoms with E-state index in [0.717, 1.165) is 11.3 Å². The fourth-order valence-corrected chi connectivity index (χ4v) is 3.56. The highest BCUT2D eigenvalue weighted by molar-refractivity contribution is 7.93. The Morgan fingerprint density at radius 3 is 2.68 bits per heavy atom. The van der Waals surface area contributed by atoms with Crippen LogP contribution in [-0.4, -0.2) is 19.4 Å². The van der Waals surface area contributed by atoms with E-state index in [4.69, 9.17) is 16.3 Å². The van der Waals surface area contributed by atoms with Crippen LogP contribution in [-0.2, 0) is 14.8 Å². The zero-order valence-electron chi connectivity index (χ0n) is 11.6. The number of sulfonamides is 1. The Balaban J connectivity index is 2.09. The van der Waals surface area contributed by atoms with Gasteiger partial charge < -0.3 is 4.74 Å². The molecule has 0 aliphatic heterocycles. The van der Waals surface area contributed by atoms with E-state index in [2.05, 4.69) is 9.71 Å². The molecule has 1 heterocycles. The van der Waals surface area contributed by atoms with Crippen molar-refractivity contribution < 1.29 is 17.9 Å². The number of hydrogen-bond acceptors (Lipinski definition) is 6. The van der Waals surface area contributed by atoms with E-state index in [9.17, 15) is 13.2 Å². The molecule has 0 amide bonds. The average Bonchev–Trinajstić information content (AvgIpc) is 2.85. The minimum Gasteiger partial charge on any atom is -0.414 e. The fraction of sp³-hybridized carbons (Fsp3) is 0.231. The second-order valence-electron chi connectivity index (χ2n) is 4.27. The number of hydrogen-bond donors (Lipinski definition) is 1. The van der Waals surface area contributed by atoms with Crippen LogP contribution >= 0.6 is 22.9 Å². The van der Waals surface area contributed by atoms with Crippen molar-refractivity contribution in [1.29, 1.82) is 0 Å². The first kappa shape index (κ1) is 16.7. The second kappa shape index (κ2) is 7.08. The molecule has 1 N–H and O–H groups in total. The van der Waals surface area contributed by atoms with E-state index >= 15 is 0 Å². The topological polar surface area (TPSA) is 85.4 Å². The number of carbonyl (C=O) groups excluding carboxylic acids is 1. The summed E-state index contributed by atoms with van der Waals surface area (Å²) in [6, 6.07) is 5.74.